The fraction of sp³-hybridized carbons (Fsp3) is 0.0870. The molecule has 0 saturated carbocycles. The van der Waals surface area contributed by atoms with Crippen molar-refractivity contribution in [3.05, 3.63) is 102 Å². The van der Waals surface area contributed by atoms with Gasteiger partial charge in [0.05, 0.1) is 16.2 Å². The van der Waals surface area contributed by atoms with Gasteiger partial charge in [0.2, 0.25) is 0 Å². The number of nitrogens with zero attached hydrogens (tertiary/aromatic N) is 1. The van der Waals surface area contributed by atoms with Gasteiger partial charge >= 0.3 is 5.97 Å². The number of ether oxygens (including phenoxy) is 1. The highest BCUT2D eigenvalue weighted by atomic mass is 32.2. The summed E-state index contributed by atoms with van der Waals surface area (Å²) < 4.78 is 28.2. The van der Waals surface area contributed by atoms with Gasteiger partial charge in [-0.3, -0.25) is 4.79 Å². The molecule has 0 aliphatic heterocycles. The quantitative estimate of drug-likeness (QED) is 0.349. The zero-order chi connectivity index (χ0) is 22.3. The summed E-state index contributed by atoms with van der Waals surface area (Å²) in [5, 5.41) is 4.21. The first-order valence-corrected chi connectivity index (χ1v) is 11.2. The van der Waals surface area contributed by atoms with Crippen molar-refractivity contribution in [1.82, 2.24) is 5.43 Å². The Kier molecular flexibility index (Phi) is 6.94. The molecule has 0 fully saturated rings. The van der Waals surface area contributed by atoms with Gasteiger partial charge in [0, 0.05) is 17.4 Å². The van der Waals surface area contributed by atoms with Crippen LogP contribution in [-0.2, 0) is 19.4 Å². The molecule has 3 rings (SSSR count). The van der Waals surface area contributed by atoms with E-state index in [9.17, 15) is 18.0 Å². The van der Waals surface area contributed by atoms with Crippen LogP contribution in [-0.4, -0.2) is 38.9 Å². The second kappa shape index (κ2) is 9.82. The lowest BCUT2D eigenvalue weighted by Gasteiger charge is -2.08. The Bertz CT molecular complexity index is 1170. The van der Waals surface area contributed by atoms with E-state index < -0.39 is 28.3 Å². The SMILES string of the molecule is CS(=O)(=O)c1cccc(C(=O)OCC(=O)NN=C(c2ccccc2)c2ccccc2)c1. The minimum absolute atomic E-state index is 0.00799. The molecule has 0 aliphatic rings. The van der Waals surface area contributed by atoms with Crippen molar-refractivity contribution in [1.29, 1.82) is 0 Å². The van der Waals surface area contributed by atoms with Crippen molar-refractivity contribution in [2.24, 2.45) is 5.10 Å². The molecule has 31 heavy (non-hydrogen) atoms. The second-order valence-corrected chi connectivity index (χ2v) is 8.62. The number of benzene rings is 3. The third-order valence-electron chi connectivity index (χ3n) is 4.22. The van der Waals surface area contributed by atoms with Crippen molar-refractivity contribution in [3.8, 4) is 0 Å². The Morgan fingerprint density at radius 1 is 0.839 bits per heavy atom. The number of rotatable bonds is 7. The maximum absolute atomic E-state index is 12.2. The first-order valence-electron chi connectivity index (χ1n) is 9.29. The molecule has 3 aromatic rings. The molecule has 0 heterocycles. The molecule has 8 heteroatoms. The lowest BCUT2D eigenvalue weighted by molar-refractivity contribution is -0.124. The van der Waals surface area contributed by atoms with E-state index in [2.05, 4.69) is 10.5 Å². The summed E-state index contributed by atoms with van der Waals surface area (Å²) in [6.07, 6.45) is 1.04. The first-order chi connectivity index (χ1) is 14.8. The Labute approximate surface area is 180 Å². The summed E-state index contributed by atoms with van der Waals surface area (Å²) in [6, 6.07) is 24.1. The number of hydrogen-bond donors (Lipinski definition) is 1. The molecule has 1 N–H and O–H groups in total. The molecule has 0 aliphatic carbocycles. The smallest absolute Gasteiger partial charge is 0.338 e. The molecule has 0 spiro atoms. The summed E-state index contributed by atoms with van der Waals surface area (Å²) in [6.45, 7) is -0.567. The molecule has 0 atom stereocenters. The van der Waals surface area contributed by atoms with Crippen LogP contribution in [0.25, 0.3) is 0 Å². The maximum atomic E-state index is 12.2. The number of carbonyl (C=O) groups excluding carboxylic acids is 2. The van der Waals surface area contributed by atoms with E-state index in [-0.39, 0.29) is 10.5 Å². The number of nitrogens with one attached hydrogen (secondary N) is 1. The average Bonchev–Trinajstić information content (AvgIpc) is 2.78. The van der Waals surface area contributed by atoms with Gasteiger partial charge in [-0.25, -0.2) is 18.6 Å². The Morgan fingerprint density at radius 2 is 1.39 bits per heavy atom. The number of esters is 1. The van der Waals surface area contributed by atoms with Gasteiger partial charge in [-0.15, -0.1) is 0 Å². The molecular formula is C23H20N2O5S. The van der Waals surface area contributed by atoms with E-state index >= 15 is 0 Å². The molecule has 7 nitrogen and oxygen atoms in total. The van der Waals surface area contributed by atoms with Gasteiger partial charge < -0.3 is 4.74 Å². The van der Waals surface area contributed by atoms with Crippen LogP contribution in [0.15, 0.2) is 94.9 Å². The van der Waals surface area contributed by atoms with Gasteiger partial charge in [0.25, 0.3) is 5.91 Å². The van der Waals surface area contributed by atoms with E-state index in [0.29, 0.717) is 5.71 Å². The predicted molar refractivity (Wildman–Crippen MR) is 116 cm³/mol. The third-order valence-corrected chi connectivity index (χ3v) is 5.33. The highest BCUT2D eigenvalue weighted by molar-refractivity contribution is 7.90. The van der Waals surface area contributed by atoms with E-state index in [4.69, 9.17) is 4.74 Å². The zero-order valence-corrected chi connectivity index (χ0v) is 17.5. The van der Waals surface area contributed by atoms with Crippen LogP contribution in [0.1, 0.15) is 21.5 Å². The largest absolute Gasteiger partial charge is 0.452 e. The van der Waals surface area contributed by atoms with Crippen molar-refractivity contribution >= 4 is 27.4 Å². The average molecular weight is 436 g/mol. The Balaban J connectivity index is 1.68. The number of carbonyl (C=O) groups is 2. The van der Waals surface area contributed by atoms with Crippen LogP contribution in [0.3, 0.4) is 0 Å². The Hall–Kier alpha value is -3.78. The first kappa shape index (κ1) is 21.9. The molecule has 0 radical (unpaired) electrons. The van der Waals surface area contributed by atoms with Gasteiger partial charge in [0.1, 0.15) is 0 Å². The maximum Gasteiger partial charge on any atom is 0.338 e. The minimum atomic E-state index is -3.47. The van der Waals surface area contributed by atoms with E-state index in [1.54, 1.807) is 0 Å². The van der Waals surface area contributed by atoms with Crippen LogP contribution < -0.4 is 5.43 Å². The van der Waals surface area contributed by atoms with Crippen LogP contribution in [0.2, 0.25) is 0 Å². The normalized spacial score (nSPS) is 10.7. The molecule has 158 valence electrons. The fourth-order valence-electron chi connectivity index (χ4n) is 2.71. The van der Waals surface area contributed by atoms with E-state index in [1.807, 2.05) is 60.7 Å². The van der Waals surface area contributed by atoms with Gasteiger partial charge in [0.15, 0.2) is 16.4 Å². The highest BCUT2D eigenvalue weighted by Crippen LogP contribution is 2.13. The topological polar surface area (TPSA) is 102 Å². The summed E-state index contributed by atoms with van der Waals surface area (Å²) >= 11 is 0. The monoisotopic (exact) mass is 436 g/mol. The molecular weight excluding hydrogens is 416 g/mol. The van der Waals surface area contributed by atoms with Crippen molar-refractivity contribution in [2.45, 2.75) is 4.90 Å². The van der Waals surface area contributed by atoms with Gasteiger partial charge in [-0.05, 0) is 18.2 Å². The van der Waals surface area contributed by atoms with Crippen LogP contribution in [0.5, 0.6) is 0 Å². The number of sulfone groups is 1. The highest BCUT2D eigenvalue weighted by Gasteiger charge is 2.14. The third kappa shape index (κ3) is 6.10. The number of hydrazone groups is 1. The van der Waals surface area contributed by atoms with E-state index in [0.717, 1.165) is 17.4 Å². The second-order valence-electron chi connectivity index (χ2n) is 6.60. The molecule has 0 aromatic heterocycles. The van der Waals surface area contributed by atoms with Crippen LogP contribution >= 0.6 is 0 Å². The van der Waals surface area contributed by atoms with E-state index in [1.165, 1.54) is 24.3 Å². The molecule has 0 unspecified atom stereocenters. The number of hydrogen-bond acceptors (Lipinski definition) is 6. The van der Waals surface area contributed by atoms with Gasteiger partial charge in [-0.2, -0.15) is 5.10 Å². The fourth-order valence-corrected chi connectivity index (χ4v) is 3.37. The lowest BCUT2D eigenvalue weighted by Crippen LogP contribution is -2.26. The van der Waals surface area contributed by atoms with Crippen LogP contribution in [0, 0.1) is 0 Å². The molecule has 1 amide bonds. The minimum Gasteiger partial charge on any atom is -0.452 e. The summed E-state index contributed by atoms with van der Waals surface area (Å²) in [5.74, 6) is -1.44. The predicted octanol–water partition coefficient (Wildman–Crippen LogP) is 2.82. The van der Waals surface area contributed by atoms with Crippen molar-refractivity contribution < 1.29 is 22.7 Å². The summed E-state index contributed by atoms with van der Waals surface area (Å²) in [5.41, 5.74) is 4.61. The van der Waals surface area contributed by atoms with Crippen molar-refractivity contribution in [2.75, 3.05) is 12.9 Å². The van der Waals surface area contributed by atoms with Crippen LogP contribution in [0.4, 0.5) is 0 Å². The summed E-state index contributed by atoms with van der Waals surface area (Å²) in [4.78, 5) is 24.3. The zero-order valence-electron chi connectivity index (χ0n) is 16.7. The number of amides is 1. The standard InChI is InChI=1S/C23H20N2O5S/c1-31(28,29)20-14-8-13-19(15-20)23(27)30-16-21(26)24-25-22(17-9-4-2-5-10-17)18-11-6-3-7-12-18/h2-15H,16H2,1H3,(H,24,26). The summed E-state index contributed by atoms with van der Waals surface area (Å²) in [7, 11) is -3.47. The lowest BCUT2D eigenvalue weighted by atomic mass is 10.0. The van der Waals surface area contributed by atoms with Crippen molar-refractivity contribution in [3.63, 3.8) is 0 Å². The molecule has 0 saturated heterocycles. The molecule has 3 aromatic carbocycles. The molecule has 0 bridgehead atoms. The van der Waals surface area contributed by atoms with Gasteiger partial charge in [-0.1, -0.05) is 66.7 Å². The Morgan fingerprint density at radius 3 is 1.94 bits per heavy atom.